The summed E-state index contributed by atoms with van der Waals surface area (Å²) in [5.41, 5.74) is 2.38. The second-order valence-corrected chi connectivity index (χ2v) is 4.71. The number of amides is 1. The maximum absolute atomic E-state index is 12.3. The number of nitrogens with zero attached hydrogens (tertiary/aromatic N) is 1. The van der Waals surface area contributed by atoms with E-state index in [1.807, 2.05) is 24.3 Å². The van der Waals surface area contributed by atoms with Gasteiger partial charge in [-0.2, -0.15) is 0 Å². The molecule has 1 heterocycles. The van der Waals surface area contributed by atoms with Gasteiger partial charge in [-0.05, 0) is 30.7 Å². The minimum atomic E-state index is -0.164. The van der Waals surface area contributed by atoms with Crippen molar-refractivity contribution in [1.82, 2.24) is 4.90 Å². The smallest absolute Gasteiger partial charge is 0.257 e. The summed E-state index contributed by atoms with van der Waals surface area (Å²) in [6, 6.07) is 9.29. The van der Waals surface area contributed by atoms with Crippen molar-refractivity contribution in [3.05, 3.63) is 59.0 Å². The van der Waals surface area contributed by atoms with Crippen LogP contribution in [0.3, 0.4) is 0 Å². The molecule has 0 radical (unpaired) electrons. The predicted octanol–water partition coefficient (Wildman–Crippen LogP) is 2.20. The first-order valence-electron chi connectivity index (χ1n) is 6.60. The third kappa shape index (κ3) is 3.74. The normalized spacial score (nSPS) is 9.86. The zero-order valence-electron chi connectivity index (χ0n) is 12.1. The first-order valence-corrected chi connectivity index (χ1v) is 6.60. The maximum Gasteiger partial charge on any atom is 0.257 e. The van der Waals surface area contributed by atoms with E-state index in [1.54, 1.807) is 24.9 Å². The highest BCUT2D eigenvalue weighted by atomic mass is 16.3. The van der Waals surface area contributed by atoms with Gasteiger partial charge in [-0.1, -0.05) is 24.0 Å². The highest BCUT2D eigenvalue weighted by Gasteiger charge is 2.16. The third-order valence-corrected chi connectivity index (χ3v) is 3.09. The van der Waals surface area contributed by atoms with Crippen LogP contribution in [-0.2, 0) is 6.54 Å². The molecule has 0 bridgehead atoms. The molecule has 21 heavy (non-hydrogen) atoms. The summed E-state index contributed by atoms with van der Waals surface area (Å²) in [7, 11) is 1.75. The molecule has 0 spiro atoms. The number of hydrogen-bond acceptors (Lipinski definition) is 3. The minimum Gasteiger partial charge on any atom is -0.469 e. The van der Waals surface area contributed by atoms with E-state index in [-0.39, 0.29) is 12.5 Å². The molecule has 4 nitrogen and oxygen atoms in total. The summed E-state index contributed by atoms with van der Waals surface area (Å²) >= 11 is 0. The summed E-state index contributed by atoms with van der Waals surface area (Å²) < 4.78 is 5.16. The zero-order chi connectivity index (χ0) is 15.2. The number of rotatable bonds is 3. The first kappa shape index (κ1) is 14.9. The molecule has 4 heteroatoms. The van der Waals surface area contributed by atoms with Crippen LogP contribution in [0.5, 0.6) is 0 Å². The van der Waals surface area contributed by atoms with Crippen LogP contribution in [0, 0.1) is 18.8 Å². The quantitative estimate of drug-likeness (QED) is 0.879. The molecular weight excluding hydrogens is 266 g/mol. The van der Waals surface area contributed by atoms with Crippen molar-refractivity contribution in [2.24, 2.45) is 0 Å². The molecule has 1 aromatic carbocycles. The molecular formula is C17H17NO3. The number of aliphatic hydroxyl groups excluding tert-OH is 1. The minimum absolute atomic E-state index is 0.0758. The van der Waals surface area contributed by atoms with E-state index in [1.165, 1.54) is 6.26 Å². The molecule has 1 N–H and O–H groups in total. The zero-order valence-corrected chi connectivity index (χ0v) is 12.1. The van der Waals surface area contributed by atoms with Crippen molar-refractivity contribution in [3.8, 4) is 11.8 Å². The van der Waals surface area contributed by atoms with Crippen LogP contribution in [0.25, 0.3) is 0 Å². The van der Waals surface area contributed by atoms with Crippen LogP contribution in [0.15, 0.2) is 41.0 Å². The lowest BCUT2D eigenvalue weighted by Gasteiger charge is -2.17. The number of carbonyl (C=O) groups excluding carboxylic acids is 1. The predicted molar refractivity (Wildman–Crippen MR) is 79.6 cm³/mol. The molecule has 0 fully saturated rings. The van der Waals surface area contributed by atoms with Gasteiger partial charge < -0.3 is 14.4 Å². The van der Waals surface area contributed by atoms with Crippen molar-refractivity contribution >= 4 is 5.91 Å². The lowest BCUT2D eigenvalue weighted by molar-refractivity contribution is 0.0783. The van der Waals surface area contributed by atoms with Gasteiger partial charge in [0.05, 0.1) is 11.8 Å². The Hall–Kier alpha value is -2.51. The van der Waals surface area contributed by atoms with Gasteiger partial charge in [-0.15, -0.1) is 0 Å². The van der Waals surface area contributed by atoms with Gasteiger partial charge in [0, 0.05) is 19.2 Å². The molecule has 2 rings (SSSR count). The van der Waals surface area contributed by atoms with Gasteiger partial charge >= 0.3 is 0 Å². The molecule has 0 atom stereocenters. The summed E-state index contributed by atoms with van der Waals surface area (Å²) in [5.74, 6) is 6.01. The van der Waals surface area contributed by atoms with E-state index >= 15 is 0 Å². The Morgan fingerprint density at radius 3 is 2.86 bits per heavy atom. The van der Waals surface area contributed by atoms with E-state index in [4.69, 9.17) is 9.52 Å². The molecule has 2 aromatic rings. The largest absolute Gasteiger partial charge is 0.469 e. The van der Waals surface area contributed by atoms with E-state index in [2.05, 4.69) is 11.8 Å². The number of carbonyl (C=O) groups is 1. The summed E-state index contributed by atoms with van der Waals surface area (Å²) in [6.07, 6.45) is 1.52. The third-order valence-electron chi connectivity index (χ3n) is 3.09. The average molecular weight is 283 g/mol. The van der Waals surface area contributed by atoms with Crippen LogP contribution in [0.2, 0.25) is 0 Å². The van der Waals surface area contributed by atoms with Crippen molar-refractivity contribution in [1.29, 1.82) is 0 Å². The Balaban J connectivity index is 2.11. The fourth-order valence-corrected chi connectivity index (χ4v) is 2.05. The molecule has 0 saturated carbocycles. The summed E-state index contributed by atoms with van der Waals surface area (Å²) in [4.78, 5) is 13.9. The molecule has 0 aliphatic heterocycles. The first-order chi connectivity index (χ1) is 10.1. The highest BCUT2D eigenvalue weighted by Crippen LogP contribution is 2.14. The topological polar surface area (TPSA) is 53.7 Å². The number of aryl methyl sites for hydroxylation is 1. The van der Waals surface area contributed by atoms with Crippen LogP contribution in [0.4, 0.5) is 0 Å². The summed E-state index contributed by atoms with van der Waals surface area (Å²) in [6.45, 7) is 2.09. The second kappa shape index (κ2) is 6.78. The van der Waals surface area contributed by atoms with Crippen LogP contribution >= 0.6 is 0 Å². The molecule has 108 valence electrons. The Labute approximate surface area is 124 Å². The molecule has 0 aliphatic rings. The Kier molecular flexibility index (Phi) is 4.81. The van der Waals surface area contributed by atoms with E-state index < -0.39 is 0 Å². The molecule has 1 aromatic heterocycles. The second-order valence-electron chi connectivity index (χ2n) is 4.71. The molecule has 0 saturated heterocycles. The fraction of sp³-hybridized carbons (Fsp3) is 0.235. The van der Waals surface area contributed by atoms with Crippen molar-refractivity contribution in [2.45, 2.75) is 13.5 Å². The molecule has 1 amide bonds. The molecule has 0 unspecified atom stereocenters. The Morgan fingerprint density at radius 2 is 2.19 bits per heavy atom. The van der Waals surface area contributed by atoms with Gasteiger partial charge in [-0.3, -0.25) is 4.79 Å². The van der Waals surface area contributed by atoms with Gasteiger partial charge in [0.2, 0.25) is 0 Å². The number of furan rings is 1. The van der Waals surface area contributed by atoms with Crippen molar-refractivity contribution < 1.29 is 14.3 Å². The lowest BCUT2D eigenvalue weighted by Crippen LogP contribution is -2.26. The van der Waals surface area contributed by atoms with Crippen molar-refractivity contribution in [3.63, 3.8) is 0 Å². The maximum atomic E-state index is 12.3. The fourth-order valence-electron chi connectivity index (χ4n) is 2.05. The van der Waals surface area contributed by atoms with Gasteiger partial charge in [0.25, 0.3) is 5.91 Å². The molecule has 0 aliphatic carbocycles. The number of aliphatic hydroxyl groups is 1. The van der Waals surface area contributed by atoms with Gasteiger partial charge in [0.15, 0.2) is 0 Å². The number of benzene rings is 1. The highest BCUT2D eigenvalue weighted by molar-refractivity contribution is 5.94. The standard InChI is InChI=1S/C17H17NO3/c1-13-16(8-10-21-13)17(20)18(2)12-15-6-3-5-14(11-15)7-4-9-19/h3,5-6,8,10-11,19H,9,12H2,1-2H3. The van der Waals surface area contributed by atoms with Gasteiger partial charge in [0.1, 0.15) is 12.4 Å². The van der Waals surface area contributed by atoms with E-state index in [0.717, 1.165) is 11.1 Å². The van der Waals surface area contributed by atoms with E-state index in [9.17, 15) is 4.79 Å². The Bertz CT molecular complexity index is 691. The van der Waals surface area contributed by atoms with Crippen molar-refractivity contribution in [2.75, 3.05) is 13.7 Å². The van der Waals surface area contributed by atoms with E-state index in [0.29, 0.717) is 17.9 Å². The Morgan fingerprint density at radius 1 is 1.38 bits per heavy atom. The van der Waals surface area contributed by atoms with Crippen LogP contribution in [-0.4, -0.2) is 29.6 Å². The lowest BCUT2D eigenvalue weighted by atomic mass is 10.1. The number of hydrogen-bond donors (Lipinski definition) is 1. The average Bonchev–Trinajstić information content (AvgIpc) is 2.90. The van der Waals surface area contributed by atoms with Gasteiger partial charge in [-0.25, -0.2) is 0 Å². The monoisotopic (exact) mass is 283 g/mol. The SMILES string of the molecule is Cc1occc1C(=O)N(C)Cc1cccc(C#CCO)c1. The van der Waals surface area contributed by atoms with Crippen LogP contribution < -0.4 is 0 Å². The summed E-state index contributed by atoms with van der Waals surface area (Å²) in [5, 5.41) is 8.71. The van der Waals surface area contributed by atoms with Crippen LogP contribution in [0.1, 0.15) is 27.2 Å².